The smallest absolute Gasteiger partial charge is 0.231 e. The number of amides is 1. The van der Waals surface area contributed by atoms with Crippen LogP contribution in [-0.4, -0.2) is 53.6 Å². The van der Waals surface area contributed by atoms with Crippen LogP contribution < -0.4 is 10.6 Å². The van der Waals surface area contributed by atoms with E-state index in [0.717, 1.165) is 36.8 Å². The number of carbonyl (C=O) groups excluding carboxylic acids is 1. The maximum atomic E-state index is 12.8. The molecule has 2 fully saturated rings. The molecule has 0 saturated carbocycles. The van der Waals surface area contributed by atoms with Crippen LogP contribution in [0, 0.1) is 18.3 Å². The molecule has 0 aliphatic carbocycles. The zero-order chi connectivity index (χ0) is 13.5. The average Bonchev–Trinajstić information content (AvgIpc) is 3.04. The van der Waals surface area contributed by atoms with Crippen molar-refractivity contribution in [2.45, 2.75) is 13.5 Å². The summed E-state index contributed by atoms with van der Waals surface area (Å²) < 4.78 is 3.93. The minimum atomic E-state index is -0.249. The van der Waals surface area contributed by atoms with Crippen LogP contribution in [0.2, 0.25) is 0 Å². The van der Waals surface area contributed by atoms with E-state index in [2.05, 4.69) is 20.2 Å². The third kappa shape index (κ3) is 2.05. The topological polar surface area (TPSA) is 70.2 Å². The number of nitrogens with zero attached hydrogens (tertiary/aromatic N) is 3. The third-order valence-corrected chi connectivity index (χ3v) is 5.15. The monoisotopic (exact) mass is 281 g/mol. The Bertz CT molecular complexity index is 478. The van der Waals surface area contributed by atoms with Gasteiger partial charge in [-0.05, 0) is 18.5 Å². The fourth-order valence-corrected chi connectivity index (χ4v) is 3.83. The Morgan fingerprint density at radius 2 is 2.16 bits per heavy atom. The van der Waals surface area contributed by atoms with Crippen molar-refractivity contribution < 1.29 is 4.79 Å². The molecule has 0 aromatic carbocycles. The van der Waals surface area contributed by atoms with Crippen LogP contribution in [0.1, 0.15) is 10.6 Å². The Morgan fingerprint density at radius 1 is 1.47 bits per heavy atom. The standard InChI is InChI=1S/C12H19N5OS/c1-8-10(19-16-15-8)5-17(2)11(18)12-6-13-3-9(12)4-14-7-12/h9,13-14H,3-7H2,1-2H3. The number of carbonyl (C=O) groups is 1. The van der Waals surface area contributed by atoms with E-state index in [0.29, 0.717) is 12.5 Å². The zero-order valence-electron chi connectivity index (χ0n) is 11.3. The van der Waals surface area contributed by atoms with Gasteiger partial charge in [-0.3, -0.25) is 4.79 Å². The van der Waals surface area contributed by atoms with Crippen molar-refractivity contribution in [3.63, 3.8) is 0 Å². The van der Waals surface area contributed by atoms with E-state index in [1.807, 2.05) is 18.9 Å². The molecule has 0 spiro atoms. The number of nitrogens with one attached hydrogen (secondary N) is 2. The van der Waals surface area contributed by atoms with Gasteiger partial charge in [0.2, 0.25) is 5.91 Å². The first kappa shape index (κ1) is 13.0. The van der Waals surface area contributed by atoms with E-state index in [-0.39, 0.29) is 11.3 Å². The highest BCUT2D eigenvalue weighted by molar-refractivity contribution is 7.05. The van der Waals surface area contributed by atoms with E-state index in [1.165, 1.54) is 11.5 Å². The summed E-state index contributed by atoms with van der Waals surface area (Å²) in [5.41, 5.74) is 0.675. The minimum Gasteiger partial charge on any atom is -0.340 e. The molecule has 2 aliphatic heterocycles. The number of rotatable bonds is 3. The summed E-state index contributed by atoms with van der Waals surface area (Å²) in [6, 6.07) is 0. The molecule has 1 aromatic heterocycles. The van der Waals surface area contributed by atoms with Gasteiger partial charge in [-0.1, -0.05) is 4.49 Å². The van der Waals surface area contributed by atoms with Gasteiger partial charge in [0, 0.05) is 39.1 Å². The summed E-state index contributed by atoms with van der Waals surface area (Å²) in [7, 11) is 1.88. The molecule has 0 atom stereocenters. The second-order valence-corrected chi connectivity index (χ2v) is 6.40. The number of aromatic nitrogens is 2. The van der Waals surface area contributed by atoms with Gasteiger partial charge < -0.3 is 15.5 Å². The Balaban J connectivity index is 1.75. The SMILES string of the molecule is Cc1nnsc1CN(C)C(=O)C12CNCC1CNC2. The molecule has 0 radical (unpaired) electrons. The first-order valence-corrected chi connectivity index (χ1v) is 7.35. The lowest BCUT2D eigenvalue weighted by molar-refractivity contribution is -0.140. The van der Waals surface area contributed by atoms with Crippen LogP contribution in [0.3, 0.4) is 0 Å². The van der Waals surface area contributed by atoms with Crippen molar-refractivity contribution in [3.8, 4) is 0 Å². The zero-order valence-corrected chi connectivity index (χ0v) is 12.1. The van der Waals surface area contributed by atoms with Crippen LogP contribution in [0.4, 0.5) is 0 Å². The lowest BCUT2D eigenvalue weighted by Crippen LogP contribution is -2.47. The summed E-state index contributed by atoms with van der Waals surface area (Å²) in [4.78, 5) is 15.7. The van der Waals surface area contributed by atoms with Crippen molar-refractivity contribution in [2.75, 3.05) is 33.2 Å². The molecule has 2 saturated heterocycles. The minimum absolute atomic E-state index is 0.236. The van der Waals surface area contributed by atoms with Gasteiger partial charge in [-0.25, -0.2) is 0 Å². The Labute approximate surface area is 116 Å². The van der Waals surface area contributed by atoms with Crippen LogP contribution in [0.5, 0.6) is 0 Å². The van der Waals surface area contributed by atoms with Crippen LogP contribution in [0.15, 0.2) is 0 Å². The van der Waals surface area contributed by atoms with E-state index < -0.39 is 0 Å². The number of hydrogen-bond acceptors (Lipinski definition) is 6. The van der Waals surface area contributed by atoms with E-state index in [1.54, 1.807) is 0 Å². The molecule has 19 heavy (non-hydrogen) atoms. The van der Waals surface area contributed by atoms with Crippen LogP contribution in [-0.2, 0) is 11.3 Å². The van der Waals surface area contributed by atoms with Gasteiger partial charge in [-0.2, -0.15) is 0 Å². The first-order chi connectivity index (χ1) is 9.13. The van der Waals surface area contributed by atoms with Gasteiger partial charge in [0.1, 0.15) is 0 Å². The lowest BCUT2D eigenvalue weighted by Gasteiger charge is -2.31. The van der Waals surface area contributed by atoms with Gasteiger partial charge in [0.25, 0.3) is 0 Å². The third-order valence-electron chi connectivity index (χ3n) is 4.34. The predicted molar refractivity (Wildman–Crippen MR) is 72.8 cm³/mol. The highest BCUT2D eigenvalue weighted by Crippen LogP contribution is 2.36. The Hall–Kier alpha value is -1.05. The average molecular weight is 281 g/mol. The van der Waals surface area contributed by atoms with Crippen LogP contribution in [0.25, 0.3) is 0 Å². The predicted octanol–water partition coefficient (Wildman–Crippen LogP) is -0.386. The number of hydrogen-bond donors (Lipinski definition) is 2. The van der Waals surface area contributed by atoms with Crippen LogP contribution >= 0.6 is 11.5 Å². The molecule has 0 bridgehead atoms. The molecule has 7 heteroatoms. The molecule has 3 heterocycles. The first-order valence-electron chi connectivity index (χ1n) is 6.58. The van der Waals surface area contributed by atoms with Gasteiger partial charge >= 0.3 is 0 Å². The fourth-order valence-electron chi connectivity index (χ4n) is 3.14. The highest BCUT2D eigenvalue weighted by Gasteiger charge is 2.52. The molecule has 1 aromatic rings. The maximum absolute atomic E-state index is 12.8. The van der Waals surface area contributed by atoms with Crippen molar-refractivity contribution in [1.29, 1.82) is 0 Å². The van der Waals surface area contributed by atoms with Gasteiger partial charge in [0.05, 0.1) is 22.5 Å². The summed E-state index contributed by atoms with van der Waals surface area (Å²) in [6.07, 6.45) is 0. The summed E-state index contributed by atoms with van der Waals surface area (Å²) in [6.45, 7) is 5.99. The summed E-state index contributed by atoms with van der Waals surface area (Å²) >= 11 is 1.37. The second kappa shape index (κ2) is 4.81. The molecular weight excluding hydrogens is 262 g/mol. The van der Waals surface area contributed by atoms with Crippen molar-refractivity contribution in [1.82, 2.24) is 25.1 Å². The van der Waals surface area contributed by atoms with Crippen molar-refractivity contribution in [3.05, 3.63) is 10.6 Å². The van der Waals surface area contributed by atoms with E-state index >= 15 is 0 Å². The quantitative estimate of drug-likeness (QED) is 0.790. The Kier molecular flexibility index (Phi) is 3.28. The van der Waals surface area contributed by atoms with E-state index in [9.17, 15) is 4.79 Å². The number of fused-ring (bicyclic) bond motifs is 1. The van der Waals surface area contributed by atoms with Crippen molar-refractivity contribution >= 4 is 17.4 Å². The number of aryl methyl sites for hydroxylation is 1. The molecule has 3 rings (SSSR count). The second-order valence-electron chi connectivity index (χ2n) is 5.56. The van der Waals surface area contributed by atoms with E-state index in [4.69, 9.17) is 0 Å². The normalized spacial score (nSPS) is 29.5. The molecule has 104 valence electrons. The van der Waals surface area contributed by atoms with Crippen molar-refractivity contribution in [2.24, 2.45) is 11.3 Å². The fraction of sp³-hybridized carbons (Fsp3) is 0.750. The summed E-state index contributed by atoms with van der Waals surface area (Å²) in [5.74, 6) is 0.656. The molecule has 6 nitrogen and oxygen atoms in total. The lowest BCUT2D eigenvalue weighted by atomic mass is 9.79. The Morgan fingerprint density at radius 3 is 2.74 bits per heavy atom. The van der Waals surface area contributed by atoms with Gasteiger partial charge in [-0.15, -0.1) is 5.10 Å². The summed E-state index contributed by atoms with van der Waals surface area (Å²) in [5, 5.41) is 10.7. The molecular formula is C12H19N5OS. The van der Waals surface area contributed by atoms with Gasteiger partial charge in [0.15, 0.2) is 0 Å². The highest BCUT2D eigenvalue weighted by atomic mass is 32.1. The largest absolute Gasteiger partial charge is 0.340 e. The molecule has 2 N–H and O–H groups in total. The maximum Gasteiger partial charge on any atom is 0.231 e. The molecule has 2 aliphatic rings. The molecule has 0 unspecified atom stereocenters. The molecule has 1 amide bonds.